The average molecular weight is 376 g/mol. The van der Waals surface area contributed by atoms with E-state index in [4.69, 9.17) is 0 Å². The van der Waals surface area contributed by atoms with Crippen molar-refractivity contribution in [2.24, 2.45) is 0 Å². The van der Waals surface area contributed by atoms with Gasteiger partial charge >= 0.3 is 0 Å². The van der Waals surface area contributed by atoms with E-state index in [-0.39, 0.29) is 5.56 Å². The molecule has 0 amide bonds. The van der Waals surface area contributed by atoms with Gasteiger partial charge in [0.05, 0.1) is 23.8 Å². The molecule has 4 aromatic rings. The summed E-state index contributed by atoms with van der Waals surface area (Å²) in [6.45, 7) is 7.18. The fourth-order valence-corrected chi connectivity index (χ4v) is 3.59. The molecule has 0 atom stereocenters. The minimum absolute atomic E-state index is 0.150. The summed E-state index contributed by atoms with van der Waals surface area (Å²) in [5.74, 6) is 0.470. The molecule has 1 fully saturated rings. The van der Waals surface area contributed by atoms with Crippen LogP contribution in [-0.2, 0) is 0 Å². The van der Waals surface area contributed by atoms with Crippen molar-refractivity contribution < 1.29 is 0 Å². The highest BCUT2D eigenvalue weighted by molar-refractivity contribution is 5.61. The molecule has 1 N–H and O–H groups in total. The number of aromatic nitrogens is 6. The Hall–Kier alpha value is -3.33. The molecule has 5 heterocycles. The van der Waals surface area contributed by atoms with E-state index in [2.05, 4.69) is 25.4 Å². The quantitative estimate of drug-likeness (QED) is 0.554. The third kappa shape index (κ3) is 2.71. The lowest BCUT2D eigenvalue weighted by molar-refractivity contribution is 0.582. The fraction of sp³-hybridized carbons (Fsp3) is 0.316. The summed E-state index contributed by atoms with van der Waals surface area (Å²) < 4.78 is 3.31. The molecule has 5 rings (SSSR count). The molecule has 9 heteroatoms. The predicted octanol–water partition coefficient (Wildman–Crippen LogP) is 0.826. The van der Waals surface area contributed by atoms with Gasteiger partial charge < -0.3 is 10.2 Å². The number of nitrogens with one attached hydrogen (secondary N) is 1. The lowest BCUT2D eigenvalue weighted by Crippen LogP contribution is -2.46. The van der Waals surface area contributed by atoms with Gasteiger partial charge in [-0.05, 0) is 31.5 Å². The van der Waals surface area contributed by atoms with Crippen LogP contribution in [0.1, 0.15) is 11.3 Å². The van der Waals surface area contributed by atoms with Crippen molar-refractivity contribution in [3.05, 3.63) is 52.3 Å². The van der Waals surface area contributed by atoms with Gasteiger partial charge in [0, 0.05) is 32.4 Å². The number of piperazine rings is 1. The highest BCUT2D eigenvalue weighted by Gasteiger charge is 2.17. The standard InChI is InChI=1S/C19H20N8O/c1-12-9-15(24-27-11-13(2)22-17(12)27)14-3-6-26-16(23-14)10-21-18(19(26)28)25-7-4-20-5-8-25/h3,6,9-11,20H,4-5,7-8H2,1-2H3. The Morgan fingerprint density at radius 2 is 1.93 bits per heavy atom. The van der Waals surface area contributed by atoms with Crippen molar-refractivity contribution in [3.63, 3.8) is 0 Å². The van der Waals surface area contributed by atoms with Crippen LogP contribution in [0.25, 0.3) is 22.7 Å². The summed E-state index contributed by atoms with van der Waals surface area (Å²) in [5, 5.41) is 7.90. The molecule has 4 aromatic heterocycles. The van der Waals surface area contributed by atoms with E-state index < -0.39 is 0 Å². The molecular formula is C19H20N8O. The Balaban J connectivity index is 1.59. The molecule has 28 heavy (non-hydrogen) atoms. The highest BCUT2D eigenvalue weighted by atomic mass is 16.1. The summed E-state index contributed by atoms with van der Waals surface area (Å²) in [7, 11) is 0. The Morgan fingerprint density at radius 1 is 1.11 bits per heavy atom. The topological polar surface area (TPSA) is 92.7 Å². The van der Waals surface area contributed by atoms with Gasteiger partial charge in [-0.15, -0.1) is 0 Å². The van der Waals surface area contributed by atoms with Crippen molar-refractivity contribution in [2.45, 2.75) is 13.8 Å². The summed E-state index contributed by atoms with van der Waals surface area (Å²) in [4.78, 5) is 28.4. The van der Waals surface area contributed by atoms with E-state index in [0.29, 0.717) is 17.2 Å². The van der Waals surface area contributed by atoms with Gasteiger partial charge in [-0.3, -0.25) is 9.20 Å². The summed E-state index contributed by atoms with van der Waals surface area (Å²) in [6, 6.07) is 3.77. The molecule has 0 unspecified atom stereocenters. The van der Waals surface area contributed by atoms with Gasteiger partial charge in [-0.2, -0.15) is 5.10 Å². The van der Waals surface area contributed by atoms with E-state index >= 15 is 0 Å². The summed E-state index contributed by atoms with van der Waals surface area (Å²) in [5.41, 5.74) is 4.53. The van der Waals surface area contributed by atoms with Crippen LogP contribution in [0.2, 0.25) is 0 Å². The zero-order chi connectivity index (χ0) is 19.3. The van der Waals surface area contributed by atoms with Crippen LogP contribution >= 0.6 is 0 Å². The van der Waals surface area contributed by atoms with Crippen LogP contribution in [0.3, 0.4) is 0 Å². The van der Waals surface area contributed by atoms with Gasteiger partial charge in [0.2, 0.25) is 0 Å². The average Bonchev–Trinajstić information content (AvgIpc) is 3.09. The van der Waals surface area contributed by atoms with E-state index in [1.54, 1.807) is 21.3 Å². The van der Waals surface area contributed by atoms with E-state index in [9.17, 15) is 4.79 Å². The number of rotatable bonds is 2. The summed E-state index contributed by atoms with van der Waals surface area (Å²) >= 11 is 0. The second-order valence-electron chi connectivity index (χ2n) is 7.03. The SMILES string of the molecule is Cc1cn2nc(-c3ccn4c(=O)c(N5CCNCC5)ncc4n3)cc(C)c2n1. The maximum atomic E-state index is 12.9. The maximum Gasteiger partial charge on any atom is 0.299 e. The Labute approximate surface area is 160 Å². The number of aryl methyl sites for hydroxylation is 2. The first kappa shape index (κ1) is 16.8. The van der Waals surface area contributed by atoms with Gasteiger partial charge in [0.1, 0.15) is 5.69 Å². The molecule has 1 aliphatic heterocycles. The monoisotopic (exact) mass is 376 g/mol. The zero-order valence-corrected chi connectivity index (χ0v) is 15.8. The first-order valence-corrected chi connectivity index (χ1v) is 9.28. The molecule has 0 aromatic carbocycles. The number of nitrogens with zero attached hydrogens (tertiary/aromatic N) is 7. The number of anilines is 1. The van der Waals surface area contributed by atoms with E-state index in [1.807, 2.05) is 37.1 Å². The molecule has 0 spiro atoms. The van der Waals surface area contributed by atoms with Crippen LogP contribution in [0, 0.1) is 13.8 Å². The van der Waals surface area contributed by atoms with Crippen LogP contribution in [0.5, 0.6) is 0 Å². The van der Waals surface area contributed by atoms with Crippen LogP contribution < -0.4 is 15.8 Å². The molecule has 0 saturated carbocycles. The first-order valence-electron chi connectivity index (χ1n) is 9.28. The minimum Gasteiger partial charge on any atom is -0.349 e. The molecule has 1 saturated heterocycles. The third-order valence-corrected chi connectivity index (χ3v) is 4.98. The van der Waals surface area contributed by atoms with Crippen LogP contribution in [-0.4, -0.2) is 55.1 Å². The number of hydrogen-bond donors (Lipinski definition) is 1. The first-order chi connectivity index (χ1) is 13.6. The van der Waals surface area contributed by atoms with Crippen LogP contribution in [0.4, 0.5) is 5.82 Å². The molecule has 0 bridgehead atoms. The van der Waals surface area contributed by atoms with Crippen molar-refractivity contribution in [2.75, 3.05) is 31.1 Å². The van der Waals surface area contributed by atoms with Gasteiger partial charge in [0.15, 0.2) is 17.1 Å². The third-order valence-electron chi connectivity index (χ3n) is 4.98. The second-order valence-corrected chi connectivity index (χ2v) is 7.03. The van der Waals surface area contributed by atoms with Crippen LogP contribution in [0.15, 0.2) is 35.5 Å². The number of imidazole rings is 1. The highest BCUT2D eigenvalue weighted by Crippen LogP contribution is 2.19. The van der Waals surface area contributed by atoms with Gasteiger partial charge in [-0.25, -0.2) is 19.5 Å². The van der Waals surface area contributed by atoms with Gasteiger partial charge in [0.25, 0.3) is 5.56 Å². The second kappa shape index (κ2) is 6.38. The molecule has 142 valence electrons. The fourth-order valence-electron chi connectivity index (χ4n) is 3.59. The smallest absolute Gasteiger partial charge is 0.299 e. The van der Waals surface area contributed by atoms with Crippen molar-refractivity contribution in [1.82, 2.24) is 34.3 Å². The predicted molar refractivity (Wildman–Crippen MR) is 106 cm³/mol. The van der Waals surface area contributed by atoms with Gasteiger partial charge in [-0.1, -0.05) is 0 Å². The molecule has 9 nitrogen and oxygen atoms in total. The number of hydrogen-bond acceptors (Lipinski definition) is 7. The molecular weight excluding hydrogens is 356 g/mol. The number of fused-ring (bicyclic) bond motifs is 2. The van der Waals surface area contributed by atoms with E-state index in [0.717, 1.165) is 48.8 Å². The van der Waals surface area contributed by atoms with Crippen molar-refractivity contribution in [1.29, 1.82) is 0 Å². The molecule has 0 aliphatic carbocycles. The lowest BCUT2D eigenvalue weighted by Gasteiger charge is -2.27. The van der Waals surface area contributed by atoms with E-state index in [1.165, 1.54) is 0 Å². The molecule has 1 aliphatic rings. The summed E-state index contributed by atoms with van der Waals surface area (Å²) in [6.07, 6.45) is 5.28. The van der Waals surface area contributed by atoms with Crippen molar-refractivity contribution in [3.8, 4) is 11.4 Å². The normalized spacial score (nSPS) is 14.9. The molecule has 0 radical (unpaired) electrons. The lowest BCUT2D eigenvalue weighted by atomic mass is 10.2. The van der Waals surface area contributed by atoms with Crippen molar-refractivity contribution >= 4 is 17.1 Å². The Morgan fingerprint density at radius 3 is 2.75 bits per heavy atom. The minimum atomic E-state index is -0.150. The maximum absolute atomic E-state index is 12.9. The Kier molecular flexibility index (Phi) is 3.83. The largest absolute Gasteiger partial charge is 0.349 e. The zero-order valence-electron chi connectivity index (χ0n) is 15.8. The Bertz CT molecular complexity index is 1250.